The molecule has 0 aliphatic carbocycles. The maximum absolute atomic E-state index is 10.2. The van der Waals surface area contributed by atoms with Gasteiger partial charge in [0.1, 0.15) is 0 Å². The fourth-order valence-electron chi connectivity index (χ4n) is 0.362. The zero-order valence-electron chi connectivity index (χ0n) is 4.24. The summed E-state index contributed by atoms with van der Waals surface area (Å²) in [7, 11) is 0. The summed E-state index contributed by atoms with van der Waals surface area (Å²) >= 11 is 0. The second-order valence-corrected chi connectivity index (χ2v) is 1.23. The summed E-state index contributed by atoms with van der Waals surface area (Å²) in [4.78, 5) is 13.9. The van der Waals surface area contributed by atoms with Crippen LogP contribution in [-0.4, -0.2) is 23.0 Å². The van der Waals surface area contributed by atoms with Gasteiger partial charge in [0.25, 0.3) is 0 Å². The van der Waals surface area contributed by atoms with Crippen LogP contribution in [0.1, 0.15) is 0 Å². The number of nitroso groups, excluding NO2 is 1. The molecule has 1 rings (SSSR count). The molecule has 0 aromatic rings. The molecule has 0 unspecified atom stereocenters. The van der Waals surface area contributed by atoms with E-state index in [0.29, 0.717) is 6.54 Å². The van der Waals surface area contributed by atoms with Gasteiger partial charge in [0.05, 0.1) is 12.4 Å². The topological polar surface area (TPSA) is 63.9 Å². The minimum absolute atomic E-state index is 0. The van der Waals surface area contributed by atoms with Gasteiger partial charge in [0.15, 0.2) is 0 Å². The molecule has 8 heavy (non-hydrogen) atoms. The summed E-state index contributed by atoms with van der Waals surface area (Å²) < 4.78 is 0.812. The summed E-state index contributed by atoms with van der Waals surface area (Å²) in [6, 6.07) is 0. The van der Waals surface area contributed by atoms with E-state index in [4.69, 9.17) is 0 Å². The van der Waals surface area contributed by atoms with Crippen molar-refractivity contribution < 1.29 is 10.2 Å². The van der Waals surface area contributed by atoms with Gasteiger partial charge < -0.3 is 5.48 Å². The predicted molar refractivity (Wildman–Crippen MR) is 29.7 cm³/mol. The van der Waals surface area contributed by atoms with Gasteiger partial charge in [-0.15, -0.1) is 0 Å². The SMILES string of the molecule is O.O=[N+]1C=CN=CC1. The Bertz CT molecular complexity index is 139. The molecule has 44 valence electrons. The van der Waals surface area contributed by atoms with Crippen molar-refractivity contribution in [1.82, 2.24) is 0 Å². The highest BCUT2D eigenvalue weighted by Crippen LogP contribution is 1.82. The predicted octanol–water partition coefficient (Wildman–Crippen LogP) is -0.504. The highest BCUT2D eigenvalue weighted by Gasteiger charge is 2.00. The van der Waals surface area contributed by atoms with E-state index in [1.165, 1.54) is 12.4 Å². The van der Waals surface area contributed by atoms with E-state index in [9.17, 15) is 4.91 Å². The minimum atomic E-state index is 0. The molecule has 0 saturated heterocycles. The molecule has 0 radical (unpaired) electrons. The monoisotopic (exact) mass is 115 g/mol. The zero-order chi connectivity index (χ0) is 5.11. The van der Waals surface area contributed by atoms with Crippen molar-refractivity contribution in [2.24, 2.45) is 4.99 Å². The van der Waals surface area contributed by atoms with E-state index in [0.717, 1.165) is 4.76 Å². The molecule has 1 heterocycles. The Morgan fingerprint density at radius 1 is 1.62 bits per heavy atom. The average Bonchev–Trinajstić information content (AvgIpc) is 1.69. The van der Waals surface area contributed by atoms with Crippen LogP contribution in [0, 0.1) is 4.91 Å². The van der Waals surface area contributed by atoms with Crippen LogP contribution < -0.4 is 0 Å². The molecule has 0 aromatic heterocycles. The van der Waals surface area contributed by atoms with Crippen LogP contribution in [0.2, 0.25) is 0 Å². The molecule has 1 aliphatic heterocycles. The fourth-order valence-corrected chi connectivity index (χ4v) is 0.362. The Morgan fingerprint density at radius 2 is 2.38 bits per heavy atom. The van der Waals surface area contributed by atoms with E-state index in [-0.39, 0.29) is 5.48 Å². The smallest absolute Gasteiger partial charge is 0.239 e. The fraction of sp³-hybridized carbons (Fsp3) is 0.250. The summed E-state index contributed by atoms with van der Waals surface area (Å²) in [5.41, 5.74) is 0. The van der Waals surface area contributed by atoms with E-state index < -0.39 is 0 Å². The number of rotatable bonds is 0. The van der Waals surface area contributed by atoms with Crippen molar-refractivity contribution in [3.8, 4) is 0 Å². The second-order valence-electron chi connectivity index (χ2n) is 1.23. The summed E-state index contributed by atoms with van der Waals surface area (Å²) in [6.45, 7) is 0.385. The number of nitrogens with zero attached hydrogens (tertiary/aromatic N) is 2. The third-order valence-electron chi connectivity index (χ3n) is 0.686. The highest BCUT2D eigenvalue weighted by molar-refractivity contribution is 5.59. The van der Waals surface area contributed by atoms with Gasteiger partial charge in [-0.1, -0.05) is 0 Å². The molecule has 4 heteroatoms. The first-order valence-corrected chi connectivity index (χ1v) is 2.01. The highest BCUT2D eigenvalue weighted by atomic mass is 16.3. The van der Waals surface area contributed by atoms with Gasteiger partial charge in [-0.25, -0.2) is 0 Å². The molecule has 2 N–H and O–H groups in total. The van der Waals surface area contributed by atoms with Crippen LogP contribution in [0.15, 0.2) is 17.4 Å². The summed E-state index contributed by atoms with van der Waals surface area (Å²) in [5, 5.41) is 0. The summed E-state index contributed by atoms with van der Waals surface area (Å²) in [5.74, 6) is 0. The Hall–Kier alpha value is -1.03. The average molecular weight is 115 g/mol. The number of hydrogen-bond donors (Lipinski definition) is 0. The van der Waals surface area contributed by atoms with Crippen molar-refractivity contribution >= 4 is 6.21 Å². The molecule has 0 aromatic carbocycles. The summed E-state index contributed by atoms with van der Waals surface area (Å²) in [6.07, 6.45) is 4.42. The van der Waals surface area contributed by atoms with Crippen LogP contribution in [0.25, 0.3) is 0 Å². The maximum atomic E-state index is 10.2. The Morgan fingerprint density at radius 3 is 2.62 bits per heavy atom. The Kier molecular flexibility index (Phi) is 2.64. The van der Waals surface area contributed by atoms with E-state index in [1.54, 1.807) is 6.21 Å². The van der Waals surface area contributed by atoms with Crippen molar-refractivity contribution in [3.63, 3.8) is 0 Å². The minimum Gasteiger partial charge on any atom is -0.412 e. The van der Waals surface area contributed by atoms with Gasteiger partial charge in [0, 0.05) is 9.67 Å². The van der Waals surface area contributed by atoms with E-state index in [2.05, 4.69) is 4.99 Å². The van der Waals surface area contributed by atoms with Crippen LogP contribution in [0.4, 0.5) is 0 Å². The Labute approximate surface area is 46.4 Å². The molecular weight excluding hydrogens is 108 g/mol. The van der Waals surface area contributed by atoms with Crippen molar-refractivity contribution in [1.29, 1.82) is 0 Å². The van der Waals surface area contributed by atoms with Gasteiger partial charge >= 0.3 is 0 Å². The van der Waals surface area contributed by atoms with Crippen LogP contribution in [-0.2, 0) is 0 Å². The molecule has 0 saturated carbocycles. The van der Waals surface area contributed by atoms with Gasteiger partial charge in [-0.05, 0) is 0 Å². The van der Waals surface area contributed by atoms with Gasteiger partial charge in [0.2, 0.25) is 12.7 Å². The number of aliphatic imine (C=N–C) groups is 1. The lowest BCUT2D eigenvalue weighted by Gasteiger charge is -1.81. The molecule has 4 nitrogen and oxygen atoms in total. The number of hydrogen-bond acceptors (Lipinski definition) is 2. The molecular formula is C4H7N2O2+. The third-order valence-corrected chi connectivity index (χ3v) is 0.686. The van der Waals surface area contributed by atoms with Gasteiger partial charge in [-0.3, -0.25) is 4.99 Å². The zero-order valence-corrected chi connectivity index (χ0v) is 4.24. The lowest BCUT2D eigenvalue weighted by Crippen LogP contribution is -2.04. The van der Waals surface area contributed by atoms with E-state index in [1.807, 2.05) is 0 Å². The lowest BCUT2D eigenvalue weighted by molar-refractivity contribution is -0.462. The molecule has 0 fully saturated rings. The molecule has 0 atom stereocenters. The standard InChI is InChI=1S/C4H5N2O.H2O/c7-6-3-1-5-2-4-6;/h1-3H,4H2;1H2/q+1;. The first-order chi connectivity index (χ1) is 3.39. The second kappa shape index (κ2) is 3.04. The molecule has 0 amide bonds. The molecule has 0 spiro atoms. The van der Waals surface area contributed by atoms with Crippen molar-refractivity contribution in [3.05, 3.63) is 17.3 Å². The lowest BCUT2D eigenvalue weighted by atomic mass is 10.6. The Balaban J connectivity index is 0.000000490. The first-order valence-electron chi connectivity index (χ1n) is 2.01. The molecule has 1 aliphatic rings. The van der Waals surface area contributed by atoms with Gasteiger partial charge in [-0.2, -0.15) is 0 Å². The third kappa shape index (κ3) is 1.61. The normalized spacial score (nSPS) is 15.8. The van der Waals surface area contributed by atoms with Crippen LogP contribution in [0.3, 0.4) is 0 Å². The van der Waals surface area contributed by atoms with Crippen molar-refractivity contribution in [2.45, 2.75) is 0 Å². The van der Waals surface area contributed by atoms with Crippen LogP contribution in [0.5, 0.6) is 0 Å². The van der Waals surface area contributed by atoms with Crippen molar-refractivity contribution in [2.75, 3.05) is 6.54 Å². The quantitative estimate of drug-likeness (QED) is 0.392. The molecule has 0 bridgehead atoms. The van der Waals surface area contributed by atoms with E-state index >= 15 is 0 Å². The maximum Gasteiger partial charge on any atom is 0.239 e. The van der Waals surface area contributed by atoms with Crippen LogP contribution >= 0.6 is 0 Å². The first kappa shape index (κ1) is 6.97. The largest absolute Gasteiger partial charge is 0.412 e.